The molecule has 0 bridgehead atoms. The van der Waals surface area contributed by atoms with Crippen LogP contribution < -0.4 is 0 Å². The number of hydrogen-bond acceptors (Lipinski definition) is 0. The summed E-state index contributed by atoms with van der Waals surface area (Å²) in [5.74, 6) is 5.89. The van der Waals surface area contributed by atoms with Crippen molar-refractivity contribution in [3.8, 4) is 11.8 Å². The summed E-state index contributed by atoms with van der Waals surface area (Å²) in [4.78, 5) is 0. The van der Waals surface area contributed by atoms with Gasteiger partial charge >= 0.3 is 0 Å². The number of hydrogen-bond donors (Lipinski definition) is 0. The Hall–Kier alpha value is 0.534. The summed E-state index contributed by atoms with van der Waals surface area (Å²) in [6, 6.07) is 0. The standard InChI is InChI=1S/C6H9.Y/c1-4-5-6(2)3;/h6H,1H2,2-3H3;/q-1;. The summed E-state index contributed by atoms with van der Waals surface area (Å²) < 4.78 is 0. The van der Waals surface area contributed by atoms with Gasteiger partial charge in [-0.2, -0.15) is 6.92 Å². The molecule has 0 rings (SSSR count). The van der Waals surface area contributed by atoms with Gasteiger partial charge in [0, 0.05) is 32.7 Å². The maximum absolute atomic E-state index is 3.36. The maximum atomic E-state index is 3.36. The summed E-state index contributed by atoms with van der Waals surface area (Å²) in [6.07, 6.45) is 0. The summed E-state index contributed by atoms with van der Waals surface area (Å²) in [7, 11) is 0. The van der Waals surface area contributed by atoms with Gasteiger partial charge in [0.1, 0.15) is 0 Å². The van der Waals surface area contributed by atoms with Gasteiger partial charge in [-0.15, -0.1) is 0 Å². The van der Waals surface area contributed by atoms with Crippen LogP contribution in [0.25, 0.3) is 0 Å². The monoisotopic (exact) mass is 170 g/mol. The van der Waals surface area contributed by atoms with E-state index >= 15 is 0 Å². The van der Waals surface area contributed by atoms with Crippen LogP contribution in [0.5, 0.6) is 0 Å². The van der Waals surface area contributed by atoms with Crippen molar-refractivity contribution < 1.29 is 32.7 Å². The first-order chi connectivity index (χ1) is 2.77. The smallest absolute Gasteiger partial charge is 0 e. The zero-order valence-corrected chi connectivity index (χ0v) is 7.70. The van der Waals surface area contributed by atoms with Crippen molar-refractivity contribution in [2.24, 2.45) is 5.92 Å². The van der Waals surface area contributed by atoms with Crippen LogP contribution in [0.4, 0.5) is 0 Å². The summed E-state index contributed by atoms with van der Waals surface area (Å²) in [6.45, 7) is 7.44. The normalized spacial score (nSPS) is 6.14. The van der Waals surface area contributed by atoms with Crippen LogP contribution >= 0.6 is 0 Å². The van der Waals surface area contributed by atoms with Gasteiger partial charge in [-0.3, -0.25) is 5.92 Å². The topological polar surface area (TPSA) is 0 Å². The second-order valence-corrected chi connectivity index (χ2v) is 1.48. The van der Waals surface area contributed by atoms with Crippen molar-refractivity contribution in [1.82, 2.24) is 0 Å². The van der Waals surface area contributed by atoms with Crippen molar-refractivity contribution in [3.63, 3.8) is 0 Å². The van der Waals surface area contributed by atoms with Gasteiger partial charge in [0.05, 0.1) is 0 Å². The third kappa shape index (κ3) is 10.8. The Kier molecular flexibility index (Phi) is 9.80. The van der Waals surface area contributed by atoms with E-state index in [2.05, 4.69) is 18.8 Å². The van der Waals surface area contributed by atoms with E-state index in [1.807, 2.05) is 13.8 Å². The molecule has 0 aromatic rings. The van der Waals surface area contributed by atoms with Crippen molar-refractivity contribution in [2.75, 3.05) is 0 Å². The average molecular weight is 170 g/mol. The van der Waals surface area contributed by atoms with Gasteiger partial charge < -0.3 is 5.92 Å². The molecule has 0 saturated heterocycles. The van der Waals surface area contributed by atoms with Crippen LogP contribution in [0.2, 0.25) is 0 Å². The first-order valence-electron chi connectivity index (χ1n) is 2.05. The molecule has 1 heteroatoms. The van der Waals surface area contributed by atoms with Gasteiger partial charge in [0.2, 0.25) is 0 Å². The van der Waals surface area contributed by atoms with Gasteiger partial charge in [-0.1, -0.05) is 19.8 Å². The fourth-order valence-electron chi connectivity index (χ4n) is 0.204. The number of rotatable bonds is 0. The molecule has 37 valence electrons. The van der Waals surface area contributed by atoms with Crippen LogP contribution in [-0.4, -0.2) is 0 Å². The molecule has 0 aromatic carbocycles. The SMILES string of the molecule is [CH2-]C#CC(C)C.[Y]. The Morgan fingerprint density at radius 1 is 1.43 bits per heavy atom. The van der Waals surface area contributed by atoms with E-state index < -0.39 is 0 Å². The first-order valence-corrected chi connectivity index (χ1v) is 2.05. The van der Waals surface area contributed by atoms with Crippen LogP contribution in [0.1, 0.15) is 13.8 Å². The molecule has 0 spiro atoms. The Bertz CT molecular complexity index is 73.9. The van der Waals surface area contributed by atoms with Crippen molar-refractivity contribution in [3.05, 3.63) is 6.92 Å². The summed E-state index contributed by atoms with van der Waals surface area (Å²) in [5.41, 5.74) is 0. The fourth-order valence-corrected chi connectivity index (χ4v) is 0.204. The van der Waals surface area contributed by atoms with Gasteiger partial charge in [-0.25, -0.2) is 0 Å². The molecule has 1 radical (unpaired) electrons. The molecular formula is C6H9Y-. The molecule has 7 heavy (non-hydrogen) atoms. The first kappa shape index (κ1) is 10.5. The third-order valence-corrected chi connectivity index (χ3v) is 0.391. The van der Waals surface area contributed by atoms with Crippen LogP contribution in [0.3, 0.4) is 0 Å². The van der Waals surface area contributed by atoms with E-state index in [1.54, 1.807) is 0 Å². The zero-order valence-electron chi connectivity index (χ0n) is 4.86. The molecule has 0 atom stereocenters. The van der Waals surface area contributed by atoms with E-state index in [0.717, 1.165) is 0 Å². The van der Waals surface area contributed by atoms with Crippen LogP contribution in [0.15, 0.2) is 0 Å². The molecule has 0 aromatic heterocycles. The minimum absolute atomic E-state index is 0. The summed E-state index contributed by atoms with van der Waals surface area (Å²) in [5, 5.41) is 0. The van der Waals surface area contributed by atoms with E-state index in [0.29, 0.717) is 5.92 Å². The minimum Gasteiger partial charge on any atom is -0.325 e. The Labute approximate surface area is 70.9 Å². The van der Waals surface area contributed by atoms with Crippen molar-refractivity contribution >= 4 is 0 Å². The van der Waals surface area contributed by atoms with Crippen molar-refractivity contribution in [2.45, 2.75) is 13.8 Å². The molecule has 0 aliphatic heterocycles. The largest absolute Gasteiger partial charge is 0.325 e. The molecule has 0 aliphatic rings. The van der Waals surface area contributed by atoms with E-state index in [9.17, 15) is 0 Å². The summed E-state index contributed by atoms with van der Waals surface area (Å²) >= 11 is 0. The van der Waals surface area contributed by atoms with Crippen LogP contribution in [-0.2, 0) is 32.7 Å². The van der Waals surface area contributed by atoms with E-state index in [1.165, 1.54) is 0 Å². The predicted octanol–water partition coefficient (Wildman–Crippen LogP) is 1.48. The molecule has 0 saturated carbocycles. The van der Waals surface area contributed by atoms with Crippen molar-refractivity contribution in [1.29, 1.82) is 0 Å². The zero-order chi connectivity index (χ0) is 4.99. The molecule has 0 nitrogen and oxygen atoms in total. The van der Waals surface area contributed by atoms with Gasteiger partial charge in [0.15, 0.2) is 0 Å². The van der Waals surface area contributed by atoms with Gasteiger partial charge in [0.25, 0.3) is 0 Å². The molecule has 0 heterocycles. The molecule has 0 N–H and O–H groups in total. The predicted molar refractivity (Wildman–Crippen MR) is 28.0 cm³/mol. The third-order valence-electron chi connectivity index (χ3n) is 0.391. The molecule has 0 fully saturated rings. The maximum Gasteiger partial charge on any atom is 0 e. The average Bonchev–Trinajstić information content (AvgIpc) is 1.35. The Morgan fingerprint density at radius 3 is 1.86 bits per heavy atom. The molecule has 0 amide bonds. The quantitative estimate of drug-likeness (QED) is 0.381. The Balaban J connectivity index is 0. The Morgan fingerprint density at radius 2 is 1.86 bits per heavy atom. The minimum atomic E-state index is 0. The second-order valence-electron chi connectivity index (χ2n) is 1.48. The second kappa shape index (κ2) is 6.53. The molecule has 0 aliphatic carbocycles. The van der Waals surface area contributed by atoms with E-state index in [4.69, 9.17) is 0 Å². The van der Waals surface area contributed by atoms with Crippen LogP contribution in [0, 0.1) is 24.7 Å². The van der Waals surface area contributed by atoms with Gasteiger partial charge in [-0.05, 0) is 0 Å². The molecule has 0 unspecified atom stereocenters. The molecular weight excluding hydrogens is 161 g/mol. The van der Waals surface area contributed by atoms with E-state index in [-0.39, 0.29) is 32.7 Å². The fraction of sp³-hybridized carbons (Fsp3) is 0.500.